The van der Waals surface area contributed by atoms with Crippen LogP contribution < -0.4 is 4.74 Å². The molecule has 100 valence electrons. The maximum Gasteiger partial charge on any atom is 0.254 e. The minimum atomic E-state index is 0.561. The Hall–Kier alpha value is -1.24. The number of hydrogen-bond donors (Lipinski definition) is 0. The van der Waals surface area contributed by atoms with Gasteiger partial charge in [-0.1, -0.05) is 6.08 Å². The van der Waals surface area contributed by atoms with Crippen LogP contribution in [0.2, 0.25) is 0 Å². The Balaban J connectivity index is 1.73. The summed E-state index contributed by atoms with van der Waals surface area (Å²) >= 11 is 2.89. The molecule has 0 aliphatic carbocycles. The van der Waals surface area contributed by atoms with Crippen molar-refractivity contribution in [2.24, 2.45) is 0 Å². The van der Waals surface area contributed by atoms with Gasteiger partial charge < -0.3 is 9.64 Å². The standard InChI is InChI=1S/C13H15N3OS2/c1-16-5-2-3-11(7-16)12-13(15-19-14-12)17-8-10-4-6-18-9-10/h3-4,6,9H,2,5,7-8H2,1H3. The average molecular weight is 293 g/mol. The first-order chi connectivity index (χ1) is 9.33. The SMILES string of the molecule is CN1CCC=C(c2nsnc2OCc2ccsc2)C1. The molecule has 0 unspecified atom stereocenters. The average Bonchev–Trinajstić information content (AvgIpc) is 3.08. The number of likely N-dealkylation sites (N-methyl/N-ethyl adjacent to an activating group) is 1. The molecule has 3 heterocycles. The Labute approximate surface area is 120 Å². The fourth-order valence-electron chi connectivity index (χ4n) is 2.06. The zero-order valence-electron chi connectivity index (χ0n) is 10.7. The van der Waals surface area contributed by atoms with Gasteiger partial charge in [0.05, 0.1) is 11.7 Å². The van der Waals surface area contributed by atoms with Gasteiger partial charge in [-0.25, -0.2) is 0 Å². The molecule has 0 spiro atoms. The van der Waals surface area contributed by atoms with Gasteiger partial charge in [0.25, 0.3) is 5.88 Å². The van der Waals surface area contributed by atoms with Crippen LogP contribution in [0, 0.1) is 0 Å². The molecule has 0 fully saturated rings. The van der Waals surface area contributed by atoms with E-state index >= 15 is 0 Å². The van der Waals surface area contributed by atoms with Crippen LogP contribution in [0.5, 0.6) is 5.88 Å². The van der Waals surface area contributed by atoms with E-state index in [9.17, 15) is 0 Å². The monoisotopic (exact) mass is 293 g/mol. The summed E-state index contributed by atoms with van der Waals surface area (Å²) in [5.41, 5.74) is 3.31. The molecule has 0 atom stereocenters. The van der Waals surface area contributed by atoms with Gasteiger partial charge in [-0.3, -0.25) is 0 Å². The highest BCUT2D eigenvalue weighted by atomic mass is 32.1. The number of rotatable bonds is 4. The highest BCUT2D eigenvalue weighted by Crippen LogP contribution is 2.27. The van der Waals surface area contributed by atoms with E-state index in [4.69, 9.17) is 4.74 Å². The summed E-state index contributed by atoms with van der Waals surface area (Å²) in [7, 11) is 2.12. The molecule has 0 radical (unpaired) electrons. The number of nitrogens with zero attached hydrogens (tertiary/aromatic N) is 3. The number of thiophene rings is 1. The predicted molar refractivity (Wildman–Crippen MR) is 78.7 cm³/mol. The normalized spacial score (nSPS) is 16.4. The van der Waals surface area contributed by atoms with Crippen LogP contribution in [-0.2, 0) is 6.61 Å². The van der Waals surface area contributed by atoms with E-state index in [1.54, 1.807) is 11.3 Å². The van der Waals surface area contributed by atoms with Crippen molar-refractivity contribution in [2.45, 2.75) is 13.0 Å². The summed E-state index contributed by atoms with van der Waals surface area (Å²) in [6, 6.07) is 2.07. The van der Waals surface area contributed by atoms with E-state index in [0.29, 0.717) is 12.5 Å². The summed E-state index contributed by atoms with van der Waals surface area (Å²) in [6.07, 6.45) is 3.31. The van der Waals surface area contributed by atoms with Crippen LogP contribution in [0.1, 0.15) is 17.7 Å². The molecule has 0 amide bonds. The topological polar surface area (TPSA) is 38.2 Å². The summed E-state index contributed by atoms with van der Waals surface area (Å²) in [4.78, 5) is 2.29. The number of aromatic nitrogens is 2. The van der Waals surface area contributed by atoms with E-state index in [-0.39, 0.29) is 0 Å². The molecule has 4 nitrogen and oxygen atoms in total. The zero-order valence-corrected chi connectivity index (χ0v) is 12.3. The molecule has 3 rings (SSSR count). The van der Waals surface area contributed by atoms with Crippen molar-refractivity contribution in [3.63, 3.8) is 0 Å². The summed E-state index contributed by atoms with van der Waals surface area (Å²) in [5.74, 6) is 0.665. The minimum Gasteiger partial charge on any atom is -0.471 e. The third-order valence-electron chi connectivity index (χ3n) is 3.06. The van der Waals surface area contributed by atoms with Crippen molar-refractivity contribution in [3.8, 4) is 5.88 Å². The van der Waals surface area contributed by atoms with Gasteiger partial charge in [0.15, 0.2) is 0 Å². The Morgan fingerprint density at radius 2 is 2.37 bits per heavy atom. The van der Waals surface area contributed by atoms with E-state index in [1.165, 1.54) is 22.9 Å². The molecule has 19 heavy (non-hydrogen) atoms. The number of hydrogen-bond acceptors (Lipinski definition) is 6. The summed E-state index contributed by atoms with van der Waals surface area (Å²) in [6.45, 7) is 2.58. The van der Waals surface area contributed by atoms with Crippen LogP contribution in [-0.4, -0.2) is 33.8 Å². The molecule has 0 bridgehead atoms. The highest BCUT2D eigenvalue weighted by molar-refractivity contribution is 7.07. The molecule has 0 aromatic carbocycles. The van der Waals surface area contributed by atoms with E-state index in [1.807, 2.05) is 0 Å². The fourth-order valence-corrected chi connectivity index (χ4v) is 3.25. The second-order valence-corrected chi connectivity index (χ2v) is 5.90. The van der Waals surface area contributed by atoms with Crippen molar-refractivity contribution in [2.75, 3.05) is 20.1 Å². The first kappa shape index (κ1) is 12.8. The first-order valence-electron chi connectivity index (χ1n) is 6.17. The third-order valence-corrected chi connectivity index (χ3v) is 4.30. The van der Waals surface area contributed by atoms with Crippen molar-refractivity contribution in [1.29, 1.82) is 0 Å². The molecule has 0 saturated carbocycles. The molecule has 0 saturated heterocycles. The van der Waals surface area contributed by atoms with E-state index < -0.39 is 0 Å². The highest BCUT2D eigenvalue weighted by Gasteiger charge is 2.18. The van der Waals surface area contributed by atoms with Gasteiger partial charge in [-0.05, 0) is 35.9 Å². The van der Waals surface area contributed by atoms with Crippen LogP contribution >= 0.6 is 23.1 Å². The molecule has 1 aliphatic rings. The first-order valence-corrected chi connectivity index (χ1v) is 7.84. The maximum absolute atomic E-state index is 5.79. The summed E-state index contributed by atoms with van der Waals surface area (Å²) < 4.78 is 14.4. The quantitative estimate of drug-likeness (QED) is 0.869. The van der Waals surface area contributed by atoms with Crippen molar-refractivity contribution >= 4 is 28.6 Å². The van der Waals surface area contributed by atoms with Crippen LogP contribution in [0.4, 0.5) is 0 Å². The van der Waals surface area contributed by atoms with Crippen molar-refractivity contribution < 1.29 is 4.74 Å². The van der Waals surface area contributed by atoms with Gasteiger partial charge in [0.1, 0.15) is 12.3 Å². The fraction of sp³-hybridized carbons (Fsp3) is 0.385. The van der Waals surface area contributed by atoms with Gasteiger partial charge in [-0.15, -0.1) is 4.37 Å². The Bertz CT molecular complexity index is 562. The van der Waals surface area contributed by atoms with Crippen LogP contribution in [0.25, 0.3) is 5.57 Å². The Morgan fingerprint density at radius 1 is 1.42 bits per heavy atom. The van der Waals surface area contributed by atoms with Gasteiger partial charge in [0.2, 0.25) is 0 Å². The van der Waals surface area contributed by atoms with Gasteiger partial charge in [0, 0.05) is 18.7 Å². The lowest BCUT2D eigenvalue weighted by molar-refractivity contribution is 0.295. The Kier molecular flexibility index (Phi) is 3.91. The lowest BCUT2D eigenvalue weighted by Crippen LogP contribution is -2.25. The molecular formula is C13H15N3OS2. The predicted octanol–water partition coefficient (Wildman–Crippen LogP) is 2.90. The van der Waals surface area contributed by atoms with Crippen LogP contribution in [0.3, 0.4) is 0 Å². The molecular weight excluding hydrogens is 278 g/mol. The van der Waals surface area contributed by atoms with Crippen molar-refractivity contribution in [3.05, 3.63) is 34.2 Å². The second-order valence-electron chi connectivity index (χ2n) is 4.59. The second kappa shape index (κ2) is 5.81. The maximum atomic E-state index is 5.79. The molecule has 0 N–H and O–H groups in total. The van der Waals surface area contributed by atoms with Gasteiger partial charge >= 0.3 is 0 Å². The number of ether oxygens (including phenoxy) is 1. The molecule has 2 aromatic rings. The molecule has 2 aromatic heterocycles. The lowest BCUT2D eigenvalue weighted by atomic mass is 10.1. The molecule has 1 aliphatic heterocycles. The largest absolute Gasteiger partial charge is 0.471 e. The zero-order chi connectivity index (χ0) is 13.1. The van der Waals surface area contributed by atoms with Crippen molar-refractivity contribution in [1.82, 2.24) is 13.6 Å². The van der Waals surface area contributed by atoms with Crippen LogP contribution in [0.15, 0.2) is 22.9 Å². The van der Waals surface area contributed by atoms with E-state index in [0.717, 1.165) is 25.2 Å². The minimum absolute atomic E-state index is 0.561. The summed E-state index contributed by atoms with van der Waals surface area (Å²) in [5, 5.41) is 4.14. The Morgan fingerprint density at radius 3 is 3.16 bits per heavy atom. The smallest absolute Gasteiger partial charge is 0.254 e. The molecule has 6 heteroatoms. The van der Waals surface area contributed by atoms with Gasteiger partial charge in [-0.2, -0.15) is 15.7 Å². The third kappa shape index (κ3) is 3.02. The van der Waals surface area contributed by atoms with E-state index in [2.05, 4.69) is 43.6 Å². The lowest BCUT2D eigenvalue weighted by Gasteiger charge is -2.22.